The molecule has 0 spiro atoms. The minimum absolute atomic E-state index is 0.00402. The Morgan fingerprint density at radius 3 is 1.66 bits per heavy atom. The van der Waals surface area contributed by atoms with Crippen molar-refractivity contribution in [3.8, 4) is 23.7 Å². The van der Waals surface area contributed by atoms with Gasteiger partial charge in [-0.05, 0) is 90.4 Å². The quantitative estimate of drug-likeness (QED) is 0.0926. The zero-order valence-electron chi connectivity index (χ0n) is 40.5. The average Bonchev–Trinajstić information content (AvgIpc) is 4.20. The van der Waals surface area contributed by atoms with E-state index >= 15 is 0 Å². The van der Waals surface area contributed by atoms with E-state index in [2.05, 4.69) is 83.0 Å². The lowest BCUT2D eigenvalue weighted by Gasteiger charge is -2.32. The number of likely N-dealkylation sites (tertiary alicyclic amines) is 2. The maximum Gasteiger partial charge on any atom is 0.248 e. The summed E-state index contributed by atoms with van der Waals surface area (Å²) in [5, 5.41) is 8.89. The van der Waals surface area contributed by atoms with Crippen LogP contribution in [-0.2, 0) is 54.6 Å². The Balaban J connectivity index is 1.04. The van der Waals surface area contributed by atoms with Crippen LogP contribution >= 0.6 is 0 Å². The molecule has 0 saturated carbocycles. The number of Topliss-reactive ketones (excluding diaryl/α,β-unsaturated/α-hetero) is 1. The molecule has 15 nitrogen and oxygen atoms in total. The van der Waals surface area contributed by atoms with Gasteiger partial charge in [-0.15, -0.1) is 0 Å². The van der Waals surface area contributed by atoms with Crippen molar-refractivity contribution in [2.75, 3.05) is 40.4 Å². The molecule has 2 aliphatic rings. The van der Waals surface area contributed by atoms with Crippen LogP contribution < -0.4 is 16.0 Å². The van der Waals surface area contributed by atoms with Gasteiger partial charge in [-0.25, -0.2) is 9.97 Å². The smallest absolute Gasteiger partial charge is 0.248 e. The summed E-state index contributed by atoms with van der Waals surface area (Å²) in [6.45, 7) is 9.49. The molecule has 4 aromatic rings. The van der Waals surface area contributed by atoms with Gasteiger partial charge in [0, 0.05) is 82.3 Å². The molecule has 0 radical (unpaired) electrons. The molecule has 68 heavy (non-hydrogen) atoms. The van der Waals surface area contributed by atoms with E-state index < -0.39 is 36.3 Å². The lowest BCUT2D eigenvalue weighted by atomic mass is 9.92. The Kier molecular flexibility index (Phi) is 19.5. The SMILES string of the molecule is CN[C@@H](C)C(=O)C[C@H](C(=O)N1CCC[C@H]1Cn1ccnc1Cc1ccccc1)[C@@H](C)OCC#CC#CCO[C@H](C)[C@H](NC(=O)[C@H](C)NC)C(=O)N1CCC[C@H]1Cn1ccnc1Cc1ccccc1. The molecule has 15 heteroatoms. The fourth-order valence-electron chi connectivity index (χ4n) is 8.90. The number of ether oxygens (including phenoxy) is 2. The molecule has 2 fully saturated rings. The van der Waals surface area contributed by atoms with Gasteiger partial charge in [-0.2, -0.15) is 0 Å². The fraction of sp³-hybridized carbons (Fsp3) is 0.509. The molecular weight excluding hydrogens is 859 g/mol. The number of benzene rings is 2. The van der Waals surface area contributed by atoms with Crippen LogP contribution in [0.3, 0.4) is 0 Å². The fourth-order valence-corrected chi connectivity index (χ4v) is 8.90. The van der Waals surface area contributed by atoms with Crippen LogP contribution in [0.2, 0.25) is 0 Å². The monoisotopic (exact) mass is 928 g/mol. The maximum absolute atomic E-state index is 14.4. The van der Waals surface area contributed by atoms with Gasteiger partial charge in [0.15, 0.2) is 0 Å². The Bertz CT molecular complexity index is 2210. The number of imidazole rings is 2. The molecule has 2 aromatic carbocycles. The number of hydrogen-bond acceptors (Lipinski definition) is 10. The first kappa shape index (κ1) is 51.3. The van der Waals surface area contributed by atoms with Gasteiger partial charge in [0.2, 0.25) is 17.7 Å². The van der Waals surface area contributed by atoms with E-state index in [1.54, 1.807) is 47.3 Å². The van der Waals surface area contributed by atoms with Crippen molar-refractivity contribution in [3.63, 3.8) is 0 Å². The molecular formula is C53H69N9O6. The van der Waals surface area contributed by atoms with E-state index in [4.69, 9.17) is 9.47 Å². The van der Waals surface area contributed by atoms with Crippen molar-refractivity contribution in [2.24, 2.45) is 5.92 Å². The van der Waals surface area contributed by atoms with Gasteiger partial charge in [0.25, 0.3) is 0 Å². The second kappa shape index (κ2) is 25.9. The first-order valence-corrected chi connectivity index (χ1v) is 24.0. The minimum atomic E-state index is -0.939. The number of ketones is 1. The largest absolute Gasteiger partial charge is 0.365 e. The predicted octanol–water partition coefficient (Wildman–Crippen LogP) is 4.04. The van der Waals surface area contributed by atoms with Crippen LogP contribution in [0.4, 0.5) is 0 Å². The second-order valence-corrected chi connectivity index (χ2v) is 17.9. The van der Waals surface area contributed by atoms with Crippen molar-refractivity contribution >= 4 is 23.5 Å². The minimum Gasteiger partial charge on any atom is -0.365 e. The highest BCUT2D eigenvalue weighted by Crippen LogP contribution is 2.27. The molecule has 3 N–H and O–H groups in total. The number of aromatic nitrogens is 4. The number of likely N-dealkylation sites (N-methyl/N-ethyl adjacent to an activating group) is 2. The van der Waals surface area contributed by atoms with Crippen LogP contribution in [0.1, 0.15) is 82.6 Å². The summed E-state index contributed by atoms with van der Waals surface area (Å²) in [6, 6.07) is 18.4. The molecule has 0 bridgehead atoms. The van der Waals surface area contributed by atoms with Gasteiger partial charge in [-0.3, -0.25) is 19.2 Å². The lowest BCUT2D eigenvalue weighted by Crippen LogP contribution is -2.58. The first-order chi connectivity index (χ1) is 33.0. The molecule has 0 aliphatic carbocycles. The Labute approximate surface area is 402 Å². The van der Waals surface area contributed by atoms with Gasteiger partial charge in [0.1, 0.15) is 36.7 Å². The van der Waals surface area contributed by atoms with Crippen LogP contribution in [0, 0.1) is 29.6 Å². The van der Waals surface area contributed by atoms with Gasteiger partial charge >= 0.3 is 0 Å². The number of nitrogens with zero attached hydrogens (tertiary/aromatic N) is 6. The molecule has 8 atom stereocenters. The van der Waals surface area contributed by atoms with Crippen LogP contribution in [-0.4, -0.2) is 135 Å². The number of carbonyl (C=O) groups is 4. The van der Waals surface area contributed by atoms with E-state index in [0.29, 0.717) is 39.0 Å². The summed E-state index contributed by atoms with van der Waals surface area (Å²) >= 11 is 0. The molecule has 0 unspecified atom stereocenters. The Hall–Kier alpha value is -6.10. The molecule has 4 heterocycles. The van der Waals surface area contributed by atoms with Crippen LogP contribution in [0.5, 0.6) is 0 Å². The van der Waals surface area contributed by atoms with E-state index in [-0.39, 0.29) is 55.2 Å². The van der Waals surface area contributed by atoms with E-state index in [1.807, 2.05) is 65.5 Å². The van der Waals surface area contributed by atoms with Gasteiger partial charge in [-0.1, -0.05) is 72.5 Å². The van der Waals surface area contributed by atoms with E-state index in [9.17, 15) is 19.2 Å². The molecule has 2 aromatic heterocycles. The van der Waals surface area contributed by atoms with Gasteiger partial charge in [0.05, 0.1) is 30.2 Å². The number of rotatable bonds is 23. The maximum atomic E-state index is 14.4. The van der Waals surface area contributed by atoms with Crippen LogP contribution in [0.15, 0.2) is 85.5 Å². The van der Waals surface area contributed by atoms with Crippen LogP contribution in [0.25, 0.3) is 0 Å². The summed E-state index contributed by atoms with van der Waals surface area (Å²) in [5.74, 6) is 11.9. The summed E-state index contributed by atoms with van der Waals surface area (Å²) in [6.07, 6.45) is 11.1. The average molecular weight is 928 g/mol. The number of nitrogens with one attached hydrogen (secondary N) is 3. The molecule has 2 saturated heterocycles. The predicted molar refractivity (Wildman–Crippen MR) is 261 cm³/mol. The highest BCUT2D eigenvalue weighted by atomic mass is 16.5. The van der Waals surface area contributed by atoms with Crippen molar-refractivity contribution < 1.29 is 28.7 Å². The molecule has 6 rings (SSSR count). The van der Waals surface area contributed by atoms with Crippen molar-refractivity contribution in [1.29, 1.82) is 0 Å². The van der Waals surface area contributed by atoms with Gasteiger partial charge < -0.3 is 44.4 Å². The highest BCUT2D eigenvalue weighted by Gasteiger charge is 2.39. The third-order valence-electron chi connectivity index (χ3n) is 13.3. The normalized spacial score (nSPS) is 18.3. The third kappa shape index (κ3) is 14.2. The number of amides is 3. The standard InChI is InChI=1S/C53H69N9O6/c1-38(54-5)47(63)35-46(52(65)61-27-17-23-44(61)36-59-29-25-56-48(59)33-42-19-11-9-12-20-42)40(3)67-31-15-7-8-16-32-68-41(4)50(58-51(64)39(2)55-6)53(66)62-28-18-24-45(62)37-60-30-26-57-49(60)34-43-21-13-10-14-22-43/h9-14,19-22,25-26,29-30,38-41,44-46,50,54-55H,17-18,23-24,27-28,31-37H2,1-6H3,(H,58,64)/t38-,39-,40+,41+,44-,45-,46-,50-/m0/s1. The summed E-state index contributed by atoms with van der Waals surface area (Å²) in [7, 11) is 3.42. The Morgan fingerprint density at radius 2 is 1.16 bits per heavy atom. The molecule has 3 amide bonds. The Morgan fingerprint density at radius 1 is 0.676 bits per heavy atom. The first-order valence-electron chi connectivity index (χ1n) is 24.0. The summed E-state index contributed by atoms with van der Waals surface area (Å²) in [4.78, 5) is 68.1. The topological polar surface area (TPSA) is 165 Å². The zero-order chi connectivity index (χ0) is 48.4. The zero-order valence-corrected chi connectivity index (χ0v) is 40.5. The van der Waals surface area contributed by atoms with Crippen molar-refractivity contribution in [3.05, 3.63) is 108 Å². The van der Waals surface area contributed by atoms with Crippen molar-refractivity contribution in [1.82, 2.24) is 44.9 Å². The molecule has 362 valence electrons. The van der Waals surface area contributed by atoms with Crippen molar-refractivity contribution in [2.45, 2.75) is 128 Å². The highest BCUT2D eigenvalue weighted by molar-refractivity contribution is 5.91. The van der Waals surface area contributed by atoms with E-state index in [0.717, 1.165) is 42.9 Å². The summed E-state index contributed by atoms with van der Waals surface area (Å²) in [5.41, 5.74) is 2.33. The number of hydrogen-bond donors (Lipinski definition) is 3. The molecule has 2 aliphatic heterocycles. The second-order valence-electron chi connectivity index (χ2n) is 17.9. The lowest BCUT2D eigenvalue weighted by molar-refractivity contribution is -0.144. The van der Waals surface area contributed by atoms with E-state index in [1.165, 1.54) is 5.56 Å². The summed E-state index contributed by atoms with van der Waals surface area (Å²) < 4.78 is 16.4. The number of carbonyl (C=O) groups excluding carboxylic acids is 4. The third-order valence-corrected chi connectivity index (χ3v) is 13.3.